The second-order valence-corrected chi connectivity index (χ2v) is 6.80. The predicted molar refractivity (Wildman–Crippen MR) is 94.0 cm³/mol. The Morgan fingerprint density at radius 3 is 2.88 bits per heavy atom. The normalized spacial score (nSPS) is 21.0. The summed E-state index contributed by atoms with van der Waals surface area (Å²) in [5, 5.41) is 12.3. The van der Waals surface area contributed by atoms with Crippen molar-refractivity contribution < 1.29 is 4.74 Å². The minimum absolute atomic E-state index is 0.281. The van der Waals surface area contributed by atoms with Gasteiger partial charge >= 0.3 is 0 Å². The quantitative estimate of drug-likeness (QED) is 0.535. The van der Waals surface area contributed by atoms with Gasteiger partial charge in [-0.15, -0.1) is 16.7 Å². The number of aryl methyl sites for hydroxylation is 1. The zero-order valence-corrected chi connectivity index (χ0v) is 14.7. The summed E-state index contributed by atoms with van der Waals surface area (Å²) in [5.41, 5.74) is 1.23. The van der Waals surface area contributed by atoms with E-state index in [0.717, 1.165) is 50.8 Å². The van der Waals surface area contributed by atoms with Crippen LogP contribution in [0.1, 0.15) is 56.0 Å². The number of benzene rings is 1. The molecular weight excluding hydrogens is 324 g/mol. The zero-order chi connectivity index (χ0) is 16.6. The molecule has 0 aliphatic heterocycles. The van der Waals surface area contributed by atoms with E-state index in [4.69, 9.17) is 16.3 Å². The number of ether oxygens (including phenoxy) is 1. The number of unbranched alkanes of at least 4 members (excludes halogenated alkanes) is 1. The van der Waals surface area contributed by atoms with Crippen molar-refractivity contribution in [3.8, 4) is 0 Å². The fraction of sp³-hybridized carbons (Fsp3) is 0.611. The Morgan fingerprint density at radius 1 is 1.17 bits per heavy atom. The van der Waals surface area contributed by atoms with E-state index in [0.29, 0.717) is 18.5 Å². The highest BCUT2D eigenvalue weighted by atomic mass is 35.5. The molecule has 1 aliphatic rings. The molecule has 0 unspecified atom stereocenters. The molecule has 1 saturated carbocycles. The summed E-state index contributed by atoms with van der Waals surface area (Å²) >= 11 is 5.76. The largest absolute Gasteiger partial charge is 0.373 e. The molecule has 5 nitrogen and oxygen atoms in total. The third-order valence-corrected chi connectivity index (χ3v) is 4.89. The second-order valence-electron chi connectivity index (χ2n) is 6.42. The molecule has 1 aliphatic carbocycles. The van der Waals surface area contributed by atoms with E-state index in [1.54, 1.807) is 0 Å². The maximum atomic E-state index is 6.14. The van der Waals surface area contributed by atoms with Crippen LogP contribution >= 0.6 is 11.6 Å². The highest BCUT2D eigenvalue weighted by Crippen LogP contribution is 2.30. The second kappa shape index (κ2) is 9.14. The monoisotopic (exact) mass is 348 g/mol. The third kappa shape index (κ3) is 4.77. The van der Waals surface area contributed by atoms with E-state index in [-0.39, 0.29) is 6.10 Å². The van der Waals surface area contributed by atoms with E-state index in [1.807, 2.05) is 10.7 Å². The van der Waals surface area contributed by atoms with Crippen molar-refractivity contribution in [2.45, 2.75) is 63.7 Å². The van der Waals surface area contributed by atoms with Crippen LogP contribution in [0, 0.1) is 0 Å². The van der Waals surface area contributed by atoms with Gasteiger partial charge in [0.25, 0.3) is 0 Å². The number of nitrogens with zero attached hydrogens (tertiary/aromatic N) is 4. The molecule has 0 amide bonds. The Hall–Kier alpha value is -1.46. The van der Waals surface area contributed by atoms with E-state index in [1.165, 1.54) is 5.56 Å². The Balaban J connectivity index is 1.54. The number of halogens is 1. The number of aromatic nitrogens is 4. The summed E-state index contributed by atoms with van der Waals surface area (Å²) in [7, 11) is 0. The molecule has 0 saturated heterocycles. The lowest BCUT2D eigenvalue weighted by Gasteiger charge is -2.29. The van der Waals surface area contributed by atoms with Crippen LogP contribution in [-0.4, -0.2) is 32.2 Å². The number of tetrazole rings is 1. The first-order valence-corrected chi connectivity index (χ1v) is 9.38. The van der Waals surface area contributed by atoms with E-state index in [9.17, 15) is 0 Å². The molecule has 24 heavy (non-hydrogen) atoms. The molecule has 2 aromatic rings. The first-order valence-electron chi connectivity index (χ1n) is 8.85. The maximum absolute atomic E-state index is 6.14. The molecule has 3 rings (SSSR count). The third-order valence-electron chi connectivity index (χ3n) is 4.62. The van der Waals surface area contributed by atoms with Crippen molar-refractivity contribution in [2.24, 2.45) is 0 Å². The van der Waals surface area contributed by atoms with Crippen molar-refractivity contribution in [3.05, 3.63) is 41.7 Å². The lowest BCUT2D eigenvalue weighted by atomic mass is 9.92. The van der Waals surface area contributed by atoms with Crippen LogP contribution in [0.2, 0.25) is 0 Å². The molecular formula is C18H25ClN4O. The number of alkyl halides is 1. The molecule has 0 radical (unpaired) electrons. The van der Waals surface area contributed by atoms with Gasteiger partial charge in [-0.1, -0.05) is 30.3 Å². The van der Waals surface area contributed by atoms with Gasteiger partial charge in [0.2, 0.25) is 0 Å². The standard InChI is InChI=1S/C18H25ClN4O/c19-12-5-4-11-18-20-21-22-23(18)16-9-6-10-17(13-16)24-14-15-7-2-1-3-8-15/h1-3,7-8,16-17H,4-6,9-14H2/t16-,17-/m1/s1. The molecule has 1 aromatic heterocycles. The van der Waals surface area contributed by atoms with Gasteiger partial charge in [-0.25, -0.2) is 4.68 Å². The number of hydrogen-bond acceptors (Lipinski definition) is 4. The van der Waals surface area contributed by atoms with E-state index in [2.05, 4.69) is 39.8 Å². The lowest BCUT2D eigenvalue weighted by molar-refractivity contribution is 0.00213. The SMILES string of the molecule is ClCCCCc1nnnn1[C@@H]1CCC[C@@H](OCc2ccccc2)C1. The maximum Gasteiger partial charge on any atom is 0.151 e. The Bertz CT molecular complexity index is 604. The molecule has 2 atom stereocenters. The van der Waals surface area contributed by atoms with Crippen molar-refractivity contribution in [1.82, 2.24) is 20.2 Å². The lowest BCUT2D eigenvalue weighted by Crippen LogP contribution is -2.26. The minimum atomic E-state index is 0.281. The van der Waals surface area contributed by atoms with Gasteiger partial charge in [-0.3, -0.25) is 0 Å². The average Bonchev–Trinajstić information content (AvgIpc) is 3.10. The minimum Gasteiger partial charge on any atom is -0.373 e. The Morgan fingerprint density at radius 2 is 2.04 bits per heavy atom. The predicted octanol–water partition coefficient (Wildman–Crippen LogP) is 3.94. The van der Waals surface area contributed by atoms with Gasteiger partial charge < -0.3 is 4.74 Å². The smallest absolute Gasteiger partial charge is 0.151 e. The zero-order valence-electron chi connectivity index (χ0n) is 14.0. The van der Waals surface area contributed by atoms with Crippen LogP contribution in [0.15, 0.2) is 30.3 Å². The summed E-state index contributed by atoms with van der Waals surface area (Å²) in [6.07, 6.45) is 7.60. The van der Waals surface area contributed by atoms with Crippen LogP contribution < -0.4 is 0 Å². The molecule has 6 heteroatoms. The fourth-order valence-electron chi connectivity index (χ4n) is 3.32. The summed E-state index contributed by atoms with van der Waals surface area (Å²) in [6, 6.07) is 10.7. The van der Waals surface area contributed by atoms with Crippen molar-refractivity contribution >= 4 is 11.6 Å². The molecule has 0 spiro atoms. The van der Waals surface area contributed by atoms with Crippen molar-refractivity contribution in [1.29, 1.82) is 0 Å². The van der Waals surface area contributed by atoms with Gasteiger partial charge in [0, 0.05) is 12.3 Å². The number of rotatable bonds is 8. The van der Waals surface area contributed by atoms with Crippen molar-refractivity contribution in [3.63, 3.8) is 0 Å². The summed E-state index contributed by atoms with van der Waals surface area (Å²) < 4.78 is 8.16. The van der Waals surface area contributed by atoms with Crippen LogP contribution in [0.3, 0.4) is 0 Å². The van der Waals surface area contributed by atoms with E-state index < -0.39 is 0 Å². The highest BCUT2D eigenvalue weighted by Gasteiger charge is 2.26. The van der Waals surface area contributed by atoms with Gasteiger partial charge in [-0.2, -0.15) is 0 Å². The van der Waals surface area contributed by atoms with Crippen LogP contribution in [0.5, 0.6) is 0 Å². The van der Waals surface area contributed by atoms with Gasteiger partial charge in [0.05, 0.1) is 18.8 Å². The van der Waals surface area contributed by atoms with Crippen LogP contribution in [0.25, 0.3) is 0 Å². The first kappa shape index (κ1) is 17.4. The van der Waals surface area contributed by atoms with E-state index >= 15 is 0 Å². The van der Waals surface area contributed by atoms with Gasteiger partial charge in [0.15, 0.2) is 5.82 Å². The summed E-state index contributed by atoms with van der Waals surface area (Å²) in [4.78, 5) is 0. The van der Waals surface area contributed by atoms with Gasteiger partial charge in [-0.05, 0) is 54.5 Å². The Labute approximate surface area is 148 Å². The molecule has 1 heterocycles. The summed E-state index contributed by atoms with van der Waals surface area (Å²) in [6.45, 7) is 0.677. The first-order chi connectivity index (χ1) is 11.9. The highest BCUT2D eigenvalue weighted by molar-refractivity contribution is 6.17. The van der Waals surface area contributed by atoms with Crippen LogP contribution in [-0.2, 0) is 17.8 Å². The van der Waals surface area contributed by atoms with Crippen LogP contribution in [0.4, 0.5) is 0 Å². The average molecular weight is 349 g/mol. The summed E-state index contributed by atoms with van der Waals surface area (Å²) in [5.74, 6) is 1.68. The topological polar surface area (TPSA) is 52.8 Å². The Kier molecular flexibility index (Phi) is 6.61. The molecule has 0 bridgehead atoms. The van der Waals surface area contributed by atoms with Gasteiger partial charge in [0.1, 0.15) is 0 Å². The molecule has 1 fully saturated rings. The molecule has 1 aromatic carbocycles. The molecule has 130 valence electrons. The molecule has 0 N–H and O–H groups in total. The number of hydrogen-bond donors (Lipinski definition) is 0. The van der Waals surface area contributed by atoms with Crippen molar-refractivity contribution in [2.75, 3.05) is 5.88 Å². The fourth-order valence-corrected chi connectivity index (χ4v) is 3.51.